The number of aromatic nitrogens is 1. The van der Waals surface area contributed by atoms with Gasteiger partial charge in [0.25, 0.3) is 5.91 Å². The molecule has 0 radical (unpaired) electrons. The molecule has 0 bridgehead atoms. The van der Waals surface area contributed by atoms with Crippen molar-refractivity contribution in [1.82, 2.24) is 9.47 Å². The lowest BCUT2D eigenvalue weighted by Crippen LogP contribution is -2.35. The average Bonchev–Trinajstić information content (AvgIpc) is 3.53. The van der Waals surface area contributed by atoms with Gasteiger partial charge in [0.05, 0.1) is 24.1 Å². The highest BCUT2D eigenvalue weighted by molar-refractivity contribution is 9.10. The Balaban J connectivity index is 1.36. The fourth-order valence-corrected chi connectivity index (χ4v) is 6.08. The van der Waals surface area contributed by atoms with Crippen LogP contribution in [0.4, 0.5) is 0 Å². The first-order chi connectivity index (χ1) is 16.9. The number of hydrogen-bond acceptors (Lipinski definition) is 5. The maximum atomic E-state index is 13.2. The van der Waals surface area contributed by atoms with Crippen molar-refractivity contribution >= 4 is 67.1 Å². The summed E-state index contributed by atoms with van der Waals surface area (Å²) in [5, 5.41) is 1.08. The maximum absolute atomic E-state index is 13.2. The molecule has 2 aliphatic rings. The number of carbonyl (C=O) groups is 1. The minimum atomic E-state index is -0.0375. The molecule has 2 saturated heterocycles. The van der Waals surface area contributed by atoms with Crippen molar-refractivity contribution in [3.8, 4) is 5.75 Å². The Kier molecular flexibility index (Phi) is 7.34. The molecule has 1 amide bonds. The third-order valence-electron chi connectivity index (χ3n) is 6.52. The molecule has 2 aromatic carbocycles. The fourth-order valence-electron chi connectivity index (χ4n) is 4.45. The average molecular weight is 572 g/mol. The third-order valence-corrected chi connectivity index (χ3v) is 8.39. The summed E-state index contributed by atoms with van der Waals surface area (Å²) in [4.78, 5) is 15.5. The zero-order valence-corrected chi connectivity index (χ0v) is 23.0. The number of aryl methyl sites for hydroxylation is 2. The Bertz CT molecular complexity index is 1330. The van der Waals surface area contributed by atoms with E-state index in [0.29, 0.717) is 28.9 Å². The molecule has 1 atom stereocenters. The summed E-state index contributed by atoms with van der Waals surface area (Å²) in [7, 11) is 0. The molecule has 3 aromatic rings. The number of amides is 1. The summed E-state index contributed by atoms with van der Waals surface area (Å²) in [6, 6.07) is 12.4. The number of carbonyl (C=O) groups excluding carboxylic acids is 1. The van der Waals surface area contributed by atoms with E-state index in [-0.39, 0.29) is 12.0 Å². The van der Waals surface area contributed by atoms with Crippen LogP contribution in [-0.4, -0.2) is 45.6 Å². The molecule has 2 aliphatic heterocycles. The Morgan fingerprint density at radius 2 is 2.09 bits per heavy atom. The summed E-state index contributed by atoms with van der Waals surface area (Å²) < 4.78 is 15.5. The number of thioether (sulfide) groups is 1. The minimum absolute atomic E-state index is 0.0375. The molecular weight excluding hydrogens is 544 g/mol. The van der Waals surface area contributed by atoms with Crippen molar-refractivity contribution < 1.29 is 14.3 Å². The molecule has 0 N–H and O–H groups in total. The summed E-state index contributed by atoms with van der Waals surface area (Å²) in [6.45, 7) is 6.72. The summed E-state index contributed by atoms with van der Waals surface area (Å²) in [5.74, 6) is 0.840. The number of ether oxygens (including phenoxy) is 2. The Labute approximate surface area is 223 Å². The Morgan fingerprint density at radius 3 is 2.86 bits per heavy atom. The number of nitrogens with zero attached hydrogens (tertiary/aromatic N) is 2. The van der Waals surface area contributed by atoms with Crippen molar-refractivity contribution in [3.05, 3.63) is 68.7 Å². The van der Waals surface area contributed by atoms with Crippen LogP contribution < -0.4 is 4.74 Å². The molecule has 0 spiro atoms. The highest BCUT2D eigenvalue weighted by Crippen LogP contribution is 2.35. The molecule has 2 fully saturated rings. The minimum Gasteiger partial charge on any atom is -0.492 e. The second kappa shape index (κ2) is 10.5. The molecular formula is C27H27BrN2O3S2. The molecule has 5 rings (SSSR count). The zero-order chi connectivity index (χ0) is 24.5. The van der Waals surface area contributed by atoms with E-state index in [1.54, 1.807) is 4.90 Å². The van der Waals surface area contributed by atoms with Gasteiger partial charge in [0.1, 0.15) is 16.7 Å². The van der Waals surface area contributed by atoms with Gasteiger partial charge in [-0.05, 0) is 74.2 Å². The van der Waals surface area contributed by atoms with E-state index >= 15 is 0 Å². The fraction of sp³-hybridized carbons (Fsp3) is 0.333. The van der Waals surface area contributed by atoms with Crippen LogP contribution >= 0.6 is 39.9 Å². The van der Waals surface area contributed by atoms with Gasteiger partial charge in [0.15, 0.2) is 0 Å². The van der Waals surface area contributed by atoms with Crippen molar-refractivity contribution in [2.24, 2.45) is 0 Å². The molecule has 0 aliphatic carbocycles. The van der Waals surface area contributed by atoms with E-state index in [0.717, 1.165) is 46.1 Å². The highest BCUT2D eigenvalue weighted by Gasteiger charge is 2.34. The number of hydrogen-bond donors (Lipinski definition) is 0. The van der Waals surface area contributed by atoms with Crippen LogP contribution in [0.3, 0.4) is 0 Å². The molecule has 182 valence electrons. The summed E-state index contributed by atoms with van der Waals surface area (Å²) >= 11 is 10.5. The van der Waals surface area contributed by atoms with Crippen LogP contribution in [-0.2, 0) is 16.1 Å². The second-order valence-electron chi connectivity index (χ2n) is 8.96. The highest BCUT2D eigenvalue weighted by atomic mass is 79.9. The lowest BCUT2D eigenvalue weighted by molar-refractivity contribution is -0.123. The van der Waals surface area contributed by atoms with Gasteiger partial charge in [-0.3, -0.25) is 9.69 Å². The normalized spacial score (nSPS) is 19.5. The number of rotatable bonds is 7. The van der Waals surface area contributed by atoms with Gasteiger partial charge in [-0.1, -0.05) is 46.0 Å². The first-order valence-corrected chi connectivity index (χ1v) is 13.8. The molecule has 0 unspecified atom stereocenters. The standard InChI is InChI=1S/C27H27BrN2O3S2/c1-17-5-7-21(12-18(17)2)33-11-9-29-15-19(23-14-20(28)6-8-24(23)29)13-25-26(31)30(27(34)35-25)16-22-4-3-10-32-22/h5-8,12-15,22H,3-4,9-11,16H2,1-2H3/b25-13-/t22-/m0/s1. The van der Waals surface area contributed by atoms with Crippen LogP contribution in [0.25, 0.3) is 17.0 Å². The largest absolute Gasteiger partial charge is 0.492 e. The summed E-state index contributed by atoms with van der Waals surface area (Å²) in [5.41, 5.74) is 4.56. The maximum Gasteiger partial charge on any atom is 0.266 e. The molecule has 0 saturated carbocycles. The Morgan fingerprint density at radius 1 is 1.23 bits per heavy atom. The predicted molar refractivity (Wildman–Crippen MR) is 150 cm³/mol. The van der Waals surface area contributed by atoms with Gasteiger partial charge in [0.2, 0.25) is 0 Å². The summed E-state index contributed by atoms with van der Waals surface area (Å²) in [6.07, 6.45) is 6.14. The van der Waals surface area contributed by atoms with Crippen molar-refractivity contribution in [2.75, 3.05) is 19.8 Å². The first kappa shape index (κ1) is 24.6. The first-order valence-electron chi connectivity index (χ1n) is 11.7. The molecule has 8 heteroatoms. The Hall–Kier alpha value is -2.13. The van der Waals surface area contributed by atoms with Gasteiger partial charge in [-0.25, -0.2) is 0 Å². The lowest BCUT2D eigenvalue weighted by atomic mass is 10.1. The van der Waals surface area contributed by atoms with E-state index in [1.807, 2.05) is 18.2 Å². The number of thiocarbonyl (C=S) groups is 1. The topological polar surface area (TPSA) is 43.7 Å². The van der Waals surface area contributed by atoms with Crippen LogP contribution in [0, 0.1) is 13.8 Å². The van der Waals surface area contributed by atoms with Gasteiger partial charge in [0, 0.05) is 33.7 Å². The molecule has 5 nitrogen and oxygen atoms in total. The van der Waals surface area contributed by atoms with Gasteiger partial charge < -0.3 is 14.0 Å². The van der Waals surface area contributed by atoms with Crippen LogP contribution in [0.15, 0.2) is 52.0 Å². The monoisotopic (exact) mass is 570 g/mol. The van der Waals surface area contributed by atoms with Crippen LogP contribution in [0.2, 0.25) is 0 Å². The van der Waals surface area contributed by atoms with Crippen molar-refractivity contribution in [1.29, 1.82) is 0 Å². The number of fused-ring (bicyclic) bond motifs is 1. The van der Waals surface area contributed by atoms with Gasteiger partial charge >= 0.3 is 0 Å². The molecule has 3 heterocycles. The van der Waals surface area contributed by atoms with Gasteiger partial charge in [-0.15, -0.1) is 0 Å². The van der Waals surface area contributed by atoms with Gasteiger partial charge in [-0.2, -0.15) is 0 Å². The van der Waals surface area contributed by atoms with Crippen molar-refractivity contribution in [3.63, 3.8) is 0 Å². The van der Waals surface area contributed by atoms with Crippen molar-refractivity contribution in [2.45, 2.75) is 39.3 Å². The molecule has 1 aromatic heterocycles. The predicted octanol–water partition coefficient (Wildman–Crippen LogP) is 6.48. The van der Waals surface area contributed by atoms with Crippen LogP contribution in [0.5, 0.6) is 5.75 Å². The zero-order valence-electron chi connectivity index (χ0n) is 19.8. The van der Waals surface area contributed by atoms with E-state index in [9.17, 15) is 4.79 Å². The van der Waals surface area contributed by atoms with E-state index in [2.05, 4.69) is 64.8 Å². The van der Waals surface area contributed by atoms with E-state index in [4.69, 9.17) is 21.7 Å². The SMILES string of the molecule is Cc1ccc(OCCn2cc(/C=C3\SC(=S)N(C[C@@H]4CCCO4)C3=O)c3cc(Br)ccc32)cc1C. The second-order valence-corrected chi connectivity index (χ2v) is 11.6. The van der Waals surface area contributed by atoms with E-state index < -0.39 is 0 Å². The lowest BCUT2D eigenvalue weighted by Gasteiger charge is -2.18. The number of halogens is 1. The number of benzene rings is 2. The molecule has 35 heavy (non-hydrogen) atoms. The van der Waals surface area contributed by atoms with E-state index in [1.165, 1.54) is 22.9 Å². The smallest absolute Gasteiger partial charge is 0.266 e. The quantitative estimate of drug-likeness (QED) is 0.240. The van der Waals surface area contributed by atoms with Crippen LogP contribution in [0.1, 0.15) is 29.5 Å². The third kappa shape index (κ3) is 5.35.